The van der Waals surface area contributed by atoms with Crippen LogP contribution in [0.1, 0.15) is 39.0 Å². The molecule has 2 N–H and O–H groups in total. The van der Waals surface area contributed by atoms with Crippen molar-refractivity contribution in [2.24, 2.45) is 5.73 Å². The van der Waals surface area contributed by atoms with Gasteiger partial charge in [-0.05, 0) is 37.6 Å². The summed E-state index contributed by atoms with van der Waals surface area (Å²) in [6.07, 6.45) is 2.14. The van der Waals surface area contributed by atoms with Crippen LogP contribution in [0.4, 0.5) is 0 Å². The van der Waals surface area contributed by atoms with Gasteiger partial charge in [0.05, 0.1) is 12.0 Å². The van der Waals surface area contributed by atoms with E-state index in [9.17, 15) is 9.59 Å². The van der Waals surface area contributed by atoms with Gasteiger partial charge in [0.25, 0.3) is 5.91 Å². The Kier molecular flexibility index (Phi) is 5.90. The van der Waals surface area contributed by atoms with Gasteiger partial charge >= 0.3 is 5.97 Å². The lowest BCUT2D eigenvalue weighted by Gasteiger charge is -2.24. The summed E-state index contributed by atoms with van der Waals surface area (Å²) in [5.41, 5.74) is 6.40. The van der Waals surface area contributed by atoms with Crippen molar-refractivity contribution in [1.82, 2.24) is 4.90 Å². The van der Waals surface area contributed by atoms with Gasteiger partial charge in [-0.25, -0.2) is 4.79 Å². The van der Waals surface area contributed by atoms with Gasteiger partial charge in [0.15, 0.2) is 6.61 Å². The van der Waals surface area contributed by atoms with Crippen molar-refractivity contribution < 1.29 is 19.1 Å². The zero-order chi connectivity index (χ0) is 18.5. The Bertz CT molecular complexity index is 789. The van der Waals surface area contributed by atoms with E-state index in [1.165, 1.54) is 18.4 Å². The third-order valence-corrected chi connectivity index (χ3v) is 5.68. The first-order chi connectivity index (χ1) is 12.6. The van der Waals surface area contributed by atoms with E-state index >= 15 is 0 Å². The van der Waals surface area contributed by atoms with Crippen LogP contribution in [0.25, 0.3) is 0 Å². The second-order valence-electron chi connectivity index (χ2n) is 6.17. The van der Waals surface area contributed by atoms with Crippen molar-refractivity contribution in [2.45, 2.75) is 25.4 Å². The number of rotatable bonds is 7. The Morgan fingerprint density at radius 3 is 2.81 bits per heavy atom. The Morgan fingerprint density at radius 2 is 2.08 bits per heavy atom. The van der Waals surface area contributed by atoms with Crippen LogP contribution in [-0.4, -0.2) is 37.0 Å². The molecule has 1 atom stereocenters. The molecule has 1 aromatic heterocycles. The second-order valence-corrected chi connectivity index (χ2v) is 7.28. The molecule has 1 aliphatic heterocycles. The summed E-state index contributed by atoms with van der Waals surface area (Å²) in [6, 6.07) is 11.8. The number of para-hydroxylation sites is 1. The summed E-state index contributed by atoms with van der Waals surface area (Å²) in [4.78, 5) is 26.8. The molecule has 0 saturated carbocycles. The zero-order valence-corrected chi connectivity index (χ0v) is 15.5. The molecule has 0 radical (unpaired) electrons. The maximum atomic E-state index is 11.4. The quantitative estimate of drug-likeness (QED) is 0.754. The molecule has 1 fully saturated rings. The number of thiophene rings is 1. The number of carbonyl (C=O) groups excluding carboxylic acids is 2. The van der Waals surface area contributed by atoms with Crippen molar-refractivity contribution in [2.75, 3.05) is 20.3 Å². The van der Waals surface area contributed by atoms with E-state index in [1.807, 2.05) is 30.3 Å². The molecule has 2 heterocycles. The molecule has 0 unspecified atom stereocenters. The predicted octanol–water partition coefficient (Wildman–Crippen LogP) is 2.74. The number of hydrogen-bond acceptors (Lipinski definition) is 6. The number of amides is 1. The van der Waals surface area contributed by atoms with Crippen molar-refractivity contribution in [3.05, 3.63) is 51.7 Å². The molecule has 1 amide bonds. The van der Waals surface area contributed by atoms with E-state index in [0.29, 0.717) is 17.2 Å². The fourth-order valence-corrected chi connectivity index (χ4v) is 4.22. The van der Waals surface area contributed by atoms with Gasteiger partial charge in [-0.3, -0.25) is 9.69 Å². The monoisotopic (exact) mass is 374 g/mol. The molecule has 3 rings (SSSR count). The minimum atomic E-state index is -0.406. The largest absolute Gasteiger partial charge is 0.482 e. The molecule has 2 aromatic rings. The fourth-order valence-electron chi connectivity index (χ4n) is 3.19. The number of carbonyl (C=O) groups is 2. The highest BCUT2D eigenvalue weighted by Gasteiger charge is 2.28. The lowest BCUT2D eigenvalue weighted by atomic mass is 10.1. The number of nitrogens with zero attached hydrogens (tertiary/aromatic N) is 1. The fraction of sp³-hybridized carbons (Fsp3) is 0.368. The maximum Gasteiger partial charge on any atom is 0.343 e. The lowest BCUT2D eigenvalue weighted by molar-refractivity contribution is -0.142. The normalized spacial score (nSPS) is 17.2. The highest BCUT2D eigenvalue weighted by molar-refractivity contribution is 7.14. The lowest BCUT2D eigenvalue weighted by Crippen LogP contribution is -2.23. The van der Waals surface area contributed by atoms with Gasteiger partial charge in [0.1, 0.15) is 5.75 Å². The minimum absolute atomic E-state index is 0.107. The van der Waals surface area contributed by atoms with Gasteiger partial charge < -0.3 is 15.2 Å². The van der Waals surface area contributed by atoms with Crippen molar-refractivity contribution in [1.29, 1.82) is 0 Å². The van der Waals surface area contributed by atoms with Gasteiger partial charge in [-0.2, -0.15) is 0 Å². The first-order valence-electron chi connectivity index (χ1n) is 8.49. The van der Waals surface area contributed by atoms with Gasteiger partial charge in [-0.1, -0.05) is 18.2 Å². The topological polar surface area (TPSA) is 81.9 Å². The SMILES string of the molecule is COC(=O)COc1ccccc1CN1CCC[C@@H]1c1ccc(C(N)=O)s1. The average Bonchev–Trinajstić information content (AvgIpc) is 3.29. The van der Waals surface area contributed by atoms with E-state index in [-0.39, 0.29) is 18.6 Å². The van der Waals surface area contributed by atoms with Crippen molar-refractivity contribution in [3.8, 4) is 5.75 Å². The smallest absolute Gasteiger partial charge is 0.343 e. The van der Waals surface area contributed by atoms with Crippen LogP contribution in [0.3, 0.4) is 0 Å². The number of hydrogen-bond donors (Lipinski definition) is 1. The molecule has 1 aliphatic rings. The van der Waals surface area contributed by atoms with Crippen molar-refractivity contribution >= 4 is 23.2 Å². The first kappa shape index (κ1) is 18.4. The Hall–Kier alpha value is -2.38. The number of ether oxygens (including phenoxy) is 2. The second kappa shape index (κ2) is 8.33. The highest BCUT2D eigenvalue weighted by atomic mass is 32.1. The molecular formula is C19H22N2O4S. The van der Waals surface area contributed by atoms with E-state index in [4.69, 9.17) is 10.5 Å². The molecule has 0 aliphatic carbocycles. The molecule has 26 heavy (non-hydrogen) atoms. The van der Waals surface area contributed by atoms with Crippen LogP contribution in [0, 0.1) is 0 Å². The van der Waals surface area contributed by atoms with Crippen LogP contribution in [-0.2, 0) is 16.1 Å². The molecule has 7 heteroatoms. The summed E-state index contributed by atoms with van der Waals surface area (Å²) in [6.45, 7) is 1.58. The third-order valence-electron chi connectivity index (χ3n) is 4.48. The zero-order valence-electron chi connectivity index (χ0n) is 14.6. The van der Waals surface area contributed by atoms with Gasteiger partial charge in [-0.15, -0.1) is 11.3 Å². The Labute approximate surface area is 156 Å². The van der Waals surface area contributed by atoms with E-state index in [2.05, 4.69) is 9.64 Å². The summed E-state index contributed by atoms with van der Waals surface area (Å²) in [5.74, 6) is -0.101. The van der Waals surface area contributed by atoms with Crippen LogP contribution in [0.15, 0.2) is 36.4 Å². The third kappa shape index (κ3) is 4.23. The minimum Gasteiger partial charge on any atom is -0.482 e. The Morgan fingerprint density at radius 1 is 1.27 bits per heavy atom. The number of nitrogens with two attached hydrogens (primary N) is 1. The van der Waals surface area contributed by atoms with Crippen LogP contribution in [0.2, 0.25) is 0 Å². The Balaban J connectivity index is 1.73. The number of esters is 1. The predicted molar refractivity (Wildman–Crippen MR) is 99.2 cm³/mol. The molecule has 6 nitrogen and oxygen atoms in total. The van der Waals surface area contributed by atoms with Crippen molar-refractivity contribution in [3.63, 3.8) is 0 Å². The van der Waals surface area contributed by atoms with E-state index in [1.54, 1.807) is 6.07 Å². The van der Waals surface area contributed by atoms with E-state index in [0.717, 1.165) is 29.8 Å². The molecule has 0 bridgehead atoms. The van der Waals surface area contributed by atoms with Gasteiger partial charge in [0.2, 0.25) is 0 Å². The molecular weight excluding hydrogens is 352 g/mol. The standard InChI is InChI=1S/C19H22N2O4S/c1-24-18(22)12-25-15-7-3-2-5-13(15)11-21-10-4-6-14(21)16-8-9-17(26-16)19(20)23/h2-3,5,7-9,14H,4,6,10-12H2,1H3,(H2,20,23)/t14-/m1/s1. The number of likely N-dealkylation sites (tertiary alicyclic amines) is 1. The maximum absolute atomic E-state index is 11.4. The van der Waals surface area contributed by atoms with Gasteiger partial charge in [0, 0.05) is 23.0 Å². The summed E-state index contributed by atoms with van der Waals surface area (Å²) >= 11 is 1.47. The highest BCUT2D eigenvalue weighted by Crippen LogP contribution is 2.37. The average molecular weight is 374 g/mol. The van der Waals surface area contributed by atoms with Crippen LogP contribution < -0.4 is 10.5 Å². The first-order valence-corrected chi connectivity index (χ1v) is 9.31. The number of benzene rings is 1. The van der Waals surface area contributed by atoms with E-state index < -0.39 is 5.97 Å². The molecule has 0 spiro atoms. The summed E-state index contributed by atoms with van der Waals surface area (Å²) in [7, 11) is 1.34. The summed E-state index contributed by atoms with van der Waals surface area (Å²) in [5, 5.41) is 0. The van der Waals surface area contributed by atoms with Crippen LogP contribution >= 0.6 is 11.3 Å². The summed E-state index contributed by atoms with van der Waals surface area (Å²) < 4.78 is 10.2. The molecule has 1 aromatic carbocycles. The van der Waals surface area contributed by atoms with Crippen LogP contribution in [0.5, 0.6) is 5.75 Å². The number of primary amides is 1. The number of methoxy groups -OCH3 is 1. The molecule has 1 saturated heterocycles. The molecule has 138 valence electrons.